The molecular weight excluding hydrogens is 721 g/mol. The Bertz CT molecular complexity index is 1600. The van der Waals surface area contributed by atoms with E-state index in [2.05, 4.69) is 74.3 Å². The van der Waals surface area contributed by atoms with Crippen molar-refractivity contribution in [2.45, 2.75) is 92.9 Å². The quantitative estimate of drug-likeness (QED) is 0.105. The molecule has 0 unspecified atom stereocenters. The Hall–Kier alpha value is -3.14. The van der Waals surface area contributed by atoms with E-state index in [0.29, 0.717) is 5.92 Å². The number of carbonyl (C=O) groups excluding carboxylic acids is 1. The van der Waals surface area contributed by atoms with Gasteiger partial charge in [0.1, 0.15) is 0 Å². The summed E-state index contributed by atoms with van der Waals surface area (Å²) in [4.78, 5) is 21.1. The largest absolute Gasteiger partial charge is 0.512 e. The number of ketones is 1. The first-order chi connectivity index (χ1) is 20.7. The molecular formula is C39H47IrN2O2-. The van der Waals surface area contributed by atoms with Crippen LogP contribution in [0.1, 0.15) is 95.5 Å². The van der Waals surface area contributed by atoms with Gasteiger partial charge in [-0.05, 0) is 80.2 Å². The minimum atomic E-state index is 0. The fourth-order valence-electron chi connectivity index (χ4n) is 6.20. The van der Waals surface area contributed by atoms with Crippen molar-refractivity contribution >= 4 is 16.6 Å². The molecule has 0 saturated carbocycles. The van der Waals surface area contributed by atoms with Crippen molar-refractivity contribution in [3.63, 3.8) is 0 Å². The zero-order valence-electron chi connectivity index (χ0n) is 27.3. The fourth-order valence-corrected chi connectivity index (χ4v) is 6.20. The Morgan fingerprint density at radius 1 is 0.932 bits per heavy atom. The summed E-state index contributed by atoms with van der Waals surface area (Å²) >= 11 is 0. The van der Waals surface area contributed by atoms with Gasteiger partial charge >= 0.3 is 0 Å². The Morgan fingerprint density at radius 2 is 1.61 bits per heavy atom. The molecule has 2 aromatic carbocycles. The van der Waals surface area contributed by atoms with Crippen molar-refractivity contribution in [1.29, 1.82) is 0 Å². The second-order valence-corrected chi connectivity index (χ2v) is 12.0. The van der Waals surface area contributed by atoms with Crippen LogP contribution in [0.15, 0.2) is 66.7 Å². The molecule has 2 heterocycles. The van der Waals surface area contributed by atoms with Crippen LogP contribution in [-0.4, -0.2) is 20.9 Å². The van der Waals surface area contributed by atoms with Gasteiger partial charge in [-0.2, -0.15) is 0 Å². The molecule has 235 valence electrons. The van der Waals surface area contributed by atoms with Crippen LogP contribution < -0.4 is 0 Å². The van der Waals surface area contributed by atoms with E-state index in [-0.39, 0.29) is 43.5 Å². The maximum Gasteiger partial charge on any atom is 0.162 e. The summed E-state index contributed by atoms with van der Waals surface area (Å²) in [7, 11) is 0. The molecule has 4 aromatic rings. The fraction of sp³-hybridized carbons (Fsp3) is 0.410. The summed E-state index contributed by atoms with van der Waals surface area (Å²) in [6.07, 6.45) is 10.9. The van der Waals surface area contributed by atoms with Crippen molar-refractivity contribution < 1.29 is 30.0 Å². The smallest absolute Gasteiger partial charge is 0.162 e. The first-order valence-electron chi connectivity index (χ1n) is 16.1. The number of carbonyl (C=O) groups is 1. The van der Waals surface area contributed by atoms with Crippen LogP contribution in [0.2, 0.25) is 0 Å². The number of rotatable bonds is 9. The van der Waals surface area contributed by atoms with Crippen molar-refractivity contribution in [3.05, 3.63) is 95.1 Å². The molecule has 0 spiro atoms. The molecule has 0 saturated heterocycles. The minimum Gasteiger partial charge on any atom is -0.512 e. The third-order valence-corrected chi connectivity index (χ3v) is 8.88. The van der Waals surface area contributed by atoms with Gasteiger partial charge in [-0.1, -0.05) is 70.7 Å². The Labute approximate surface area is 277 Å². The predicted molar refractivity (Wildman–Crippen MR) is 179 cm³/mol. The third kappa shape index (κ3) is 7.92. The second kappa shape index (κ2) is 16.3. The van der Waals surface area contributed by atoms with Crippen molar-refractivity contribution in [2.24, 2.45) is 11.8 Å². The summed E-state index contributed by atoms with van der Waals surface area (Å²) in [6, 6.07) is 18.8. The van der Waals surface area contributed by atoms with Crippen LogP contribution >= 0.6 is 0 Å². The second-order valence-electron chi connectivity index (χ2n) is 12.0. The third-order valence-electron chi connectivity index (χ3n) is 8.88. The number of pyridine rings is 2. The predicted octanol–water partition coefficient (Wildman–Crippen LogP) is 10.2. The van der Waals surface area contributed by atoms with Crippen LogP contribution in [0.25, 0.3) is 33.2 Å². The van der Waals surface area contributed by atoms with E-state index in [4.69, 9.17) is 4.98 Å². The van der Waals surface area contributed by atoms with Gasteiger partial charge in [-0.15, -0.1) is 29.1 Å². The van der Waals surface area contributed by atoms with E-state index >= 15 is 0 Å². The number of hydrogen-bond donors (Lipinski definition) is 1. The molecule has 4 nitrogen and oxygen atoms in total. The molecule has 0 amide bonds. The minimum absolute atomic E-state index is 0. The molecule has 0 aliphatic heterocycles. The van der Waals surface area contributed by atoms with E-state index in [0.717, 1.165) is 60.9 Å². The molecule has 5 heteroatoms. The number of fused-ring (bicyclic) bond motifs is 4. The van der Waals surface area contributed by atoms with E-state index in [9.17, 15) is 9.90 Å². The summed E-state index contributed by atoms with van der Waals surface area (Å²) in [5.74, 6) is 0.997. The maximum absolute atomic E-state index is 11.7. The Kier molecular flexibility index (Phi) is 13.1. The van der Waals surface area contributed by atoms with Crippen LogP contribution in [0.3, 0.4) is 0 Å². The number of aromatic nitrogens is 2. The molecule has 1 aliphatic carbocycles. The first-order valence-corrected chi connectivity index (χ1v) is 16.1. The molecule has 0 bridgehead atoms. The van der Waals surface area contributed by atoms with E-state index < -0.39 is 0 Å². The maximum atomic E-state index is 11.7. The summed E-state index contributed by atoms with van der Waals surface area (Å²) < 4.78 is 0. The Balaban J connectivity index is 0.000000286. The SMILES string of the molecule is CCC(CC)C(=O)/C=C(\O)C(CC)CC.Cc1cc2c(cn1)-c1ccnc(-c3[c-]c4ccccc4c(C(C)C)c3)c1CC2.[Ir]. The van der Waals surface area contributed by atoms with E-state index in [1.807, 2.05) is 40.1 Å². The monoisotopic (exact) mass is 768 g/mol. The number of hydrogen-bond acceptors (Lipinski definition) is 4. The van der Waals surface area contributed by atoms with Crippen LogP contribution in [0.5, 0.6) is 0 Å². The van der Waals surface area contributed by atoms with E-state index in [1.54, 1.807) is 0 Å². The van der Waals surface area contributed by atoms with Gasteiger partial charge < -0.3 is 5.11 Å². The van der Waals surface area contributed by atoms with Crippen LogP contribution in [0, 0.1) is 24.8 Å². The van der Waals surface area contributed by atoms with Gasteiger partial charge in [0, 0.05) is 67.4 Å². The standard InChI is InChI=1S/C26H23N2.C13H24O2.Ir/c1-16(2)24-14-20(13-18-6-4-5-7-21(18)24)26-23-9-8-19-12-17(3)28-15-25(19)22(23)10-11-27-26;1-5-10(6-2)12(14)9-13(15)11(7-3)8-4;/h4-7,10-12,14-16H,8-9H2,1-3H3;9-11,14H,5-8H2,1-4H3;/q-1;;/b;12-9-;. The molecule has 44 heavy (non-hydrogen) atoms. The first kappa shape index (κ1) is 35.3. The summed E-state index contributed by atoms with van der Waals surface area (Å²) in [6.45, 7) is 14.6. The van der Waals surface area contributed by atoms with Gasteiger partial charge in [0.15, 0.2) is 5.78 Å². The average molecular weight is 768 g/mol. The molecule has 1 aliphatic rings. The number of nitrogens with zero attached hydrogens (tertiary/aromatic N) is 2. The van der Waals surface area contributed by atoms with Gasteiger partial charge in [-0.3, -0.25) is 14.8 Å². The van der Waals surface area contributed by atoms with Crippen molar-refractivity contribution in [1.82, 2.24) is 9.97 Å². The molecule has 1 N–H and O–H groups in total. The zero-order chi connectivity index (χ0) is 31.1. The number of allylic oxidation sites excluding steroid dienone is 2. The van der Waals surface area contributed by atoms with Crippen molar-refractivity contribution in [3.8, 4) is 22.4 Å². The summed E-state index contributed by atoms with van der Waals surface area (Å²) in [5.41, 5.74) is 9.84. The number of aryl methyl sites for hydroxylation is 2. The van der Waals surface area contributed by atoms with Crippen LogP contribution in [0.4, 0.5) is 0 Å². The topological polar surface area (TPSA) is 63.1 Å². The van der Waals surface area contributed by atoms with Gasteiger partial charge in [0.25, 0.3) is 0 Å². The number of aliphatic hydroxyl groups is 1. The number of benzene rings is 2. The zero-order valence-corrected chi connectivity index (χ0v) is 29.7. The molecule has 5 rings (SSSR count). The Morgan fingerprint density at radius 3 is 2.27 bits per heavy atom. The van der Waals surface area contributed by atoms with Crippen LogP contribution in [-0.2, 0) is 37.7 Å². The van der Waals surface area contributed by atoms with Gasteiger partial charge in [-0.25, -0.2) is 0 Å². The van der Waals surface area contributed by atoms with Gasteiger partial charge in [0.05, 0.1) is 5.76 Å². The van der Waals surface area contributed by atoms with Crippen molar-refractivity contribution in [2.75, 3.05) is 0 Å². The molecule has 1 radical (unpaired) electrons. The molecule has 2 aromatic heterocycles. The molecule has 0 fully saturated rings. The van der Waals surface area contributed by atoms with Gasteiger partial charge in [0.2, 0.25) is 0 Å². The average Bonchev–Trinajstić information content (AvgIpc) is 3.01. The molecule has 0 atom stereocenters. The van der Waals surface area contributed by atoms with E-state index in [1.165, 1.54) is 39.3 Å². The summed E-state index contributed by atoms with van der Waals surface area (Å²) in [5, 5.41) is 12.2. The number of aliphatic hydroxyl groups excluding tert-OH is 1. The normalized spacial score (nSPS) is 12.5.